The van der Waals surface area contributed by atoms with E-state index in [0.717, 1.165) is 38.2 Å². The molecule has 9 nitrogen and oxygen atoms in total. The maximum Gasteiger partial charge on any atom is 0.410 e. The zero-order valence-electron chi connectivity index (χ0n) is 23.6. The Labute approximate surface area is 236 Å². The largest absolute Gasteiger partial charge is 0.444 e. The summed E-state index contributed by atoms with van der Waals surface area (Å²) in [5.74, 6) is 1.12. The van der Waals surface area contributed by atoms with E-state index in [0.29, 0.717) is 47.5 Å². The first kappa shape index (κ1) is 29.1. The molecule has 2 aromatic rings. The Morgan fingerprint density at radius 1 is 1.23 bits per heavy atom. The minimum atomic E-state index is -0.585. The van der Waals surface area contributed by atoms with E-state index >= 15 is 0 Å². The summed E-state index contributed by atoms with van der Waals surface area (Å²) in [5, 5.41) is 6.81. The van der Waals surface area contributed by atoms with E-state index in [1.807, 2.05) is 39.0 Å². The summed E-state index contributed by atoms with van der Waals surface area (Å²) >= 11 is 6.50. The van der Waals surface area contributed by atoms with Crippen molar-refractivity contribution in [3.8, 4) is 11.3 Å². The highest BCUT2D eigenvalue weighted by molar-refractivity contribution is 6.33. The lowest BCUT2D eigenvalue weighted by atomic mass is 9.88. The number of piperidine rings is 1. The van der Waals surface area contributed by atoms with Gasteiger partial charge in [0.05, 0.1) is 22.2 Å². The number of nitrogens with one attached hydrogen (secondary N) is 2. The molecule has 2 aromatic heterocycles. The Morgan fingerprint density at radius 3 is 2.77 bits per heavy atom. The fraction of sp³-hybridized carbons (Fsp3) is 0.586. The lowest BCUT2D eigenvalue weighted by Crippen LogP contribution is -2.45. The molecule has 4 rings (SSSR count). The van der Waals surface area contributed by atoms with Crippen molar-refractivity contribution in [1.82, 2.24) is 14.9 Å². The molecule has 39 heavy (non-hydrogen) atoms. The highest BCUT2D eigenvalue weighted by Gasteiger charge is 2.31. The van der Waals surface area contributed by atoms with Crippen LogP contribution in [0.5, 0.6) is 0 Å². The third-order valence-corrected chi connectivity index (χ3v) is 7.25. The molecule has 2 amide bonds. The smallest absolute Gasteiger partial charge is 0.410 e. The van der Waals surface area contributed by atoms with E-state index in [4.69, 9.17) is 26.1 Å². The van der Waals surface area contributed by atoms with Crippen molar-refractivity contribution in [1.29, 1.82) is 0 Å². The Bertz CT molecular complexity index is 1180. The van der Waals surface area contributed by atoms with E-state index in [9.17, 15) is 9.59 Å². The molecule has 212 valence electrons. The van der Waals surface area contributed by atoms with Crippen LogP contribution in [0.1, 0.15) is 60.3 Å². The fourth-order valence-electron chi connectivity index (χ4n) is 5.08. The normalized spacial score (nSPS) is 21.2. The molecule has 4 heterocycles. The van der Waals surface area contributed by atoms with Crippen LogP contribution in [0.15, 0.2) is 30.5 Å². The molecule has 0 bridgehead atoms. The third kappa shape index (κ3) is 8.29. The molecule has 2 aliphatic heterocycles. The van der Waals surface area contributed by atoms with Gasteiger partial charge in [0.15, 0.2) is 0 Å². The fourth-order valence-corrected chi connectivity index (χ4v) is 5.28. The molecule has 2 aliphatic rings. The molecule has 0 saturated carbocycles. The van der Waals surface area contributed by atoms with Gasteiger partial charge in [-0.15, -0.1) is 0 Å². The Hall–Kier alpha value is -2.91. The summed E-state index contributed by atoms with van der Waals surface area (Å²) in [6.45, 7) is 12.2. The highest BCUT2D eigenvalue weighted by Crippen LogP contribution is 2.31. The summed E-state index contributed by atoms with van der Waals surface area (Å²) < 4.78 is 11.3. The summed E-state index contributed by atoms with van der Waals surface area (Å²) in [7, 11) is 0. The lowest BCUT2D eigenvalue weighted by Gasteiger charge is -2.35. The second-order valence-electron chi connectivity index (χ2n) is 12.1. The van der Waals surface area contributed by atoms with Crippen LogP contribution in [0.25, 0.3) is 11.3 Å². The molecular weight excluding hydrogens is 518 g/mol. The predicted octanol–water partition coefficient (Wildman–Crippen LogP) is 6.00. The number of rotatable bonds is 6. The van der Waals surface area contributed by atoms with Crippen LogP contribution in [0, 0.1) is 11.8 Å². The van der Waals surface area contributed by atoms with Gasteiger partial charge >= 0.3 is 6.09 Å². The number of aromatic nitrogens is 2. The van der Waals surface area contributed by atoms with Crippen molar-refractivity contribution in [3.63, 3.8) is 0 Å². The second kappa shape index (κ2) is 12.1. The number of carbonyl (C=O) groups is 2. The van der Waals surface area contributed by atoms with E-state index in [1.165, 1.54) is 6.20 Å². The molecule has 0 unspecified atom stereocenters. The number of hydrogen-bond donors (Lipinski definition) is 2. The van der Waals surface area contributed by atoms with Gasteiger partial charge in [0.2, 0.25) is 5.91 Å². The summed E-state index contributed by atoms with van der Waals surface area (Å²) in [6, 6.07) is 7.49. The van der Waals surface area contributed by atoms with Crippen molar-refractivity contribution >= 4 is 35.2 Å². The van der Waals surface area contributed by atoms with Gasteiger partial charge in [-0.25, -0.2) is 14.8 Å². The first-order chi connectivity index (χ1) is 18.4. The molecule has 2 atom stereocenters. The minimum Gasteiger partial charge on any atom is -0.444 e. The van der Waals surface area contributed by atoms with E-state index in [1.54, 1.807) is 11.0 Å². The van der Waals surface area contributed by atoms with Gasteiger partial charge < -0.3 is 25.0 Å². The Morgan fingerprint density at radius 2 is 2.03 bits per heavy atom. The monoisotopic (exact) mass is 557 g/mol. The first-order valence-corrected chi connectivity index (χ1v) is 14.1. The zero-order valence-corrected chi connectivity index (χ0v) is 24.3. The number of anilines is 2. The van der Waals surface area contributed by atoms with Crippen molar-refractivity contribution in [2.75, 3.05) is 36.9 Å². The molecule has 0 radical (unpaired) electrons. The SMILES string of the molecule is CC(C)(C)OC(=O)N1CCC[C@@H](C(=O)Nc2cc(-c3cccc(NC[C@@H]4CCOC(C)(C)C4)n3)c(Cl)cn2)C1. The van der Waals surface area contributed by atoms with Gasteiger partial charge in [-0.3, -0.25) is 4.79 Å². The Balaban J connectivity index is 1.40. The van der Waals surface area contributed by atoms with Crippen LogP contribution < -0.4 is 10.6 Å². The number of ether oxygens (including phenoxy) is 2. The number of pyridine rings is 2. The van der Waals surface area contributed by atoms with Crippen LogP contribution in [0.2, 0.25) is 5.02 Å². The summed E-state index contributed by atoms with van der Waals surface area (Å²) in [6.07, 6.45) is 4.55. The van der Waals surface area contributed by atoms with Gasteiger partial charge in [-0.1, -0.05) is 17.7 Å². The van der Waals surface area contributed by atoms with Crippen molar-refractivity contribution in [2.24, 2.45) is 11.8 Å². The number of halogens is 1. The van der Waals surface area contributed by atoms with E-state index in [-0.39, 0.29) is 17.4 Å². The predicted molar refractivity (Wildman–Crippen MR) is 153 cm³/mol. The first-order valence-electron chi connectivity index (χ1n) is 13.7. The maximum atomic E-state index is 13.1. The molecule has 0 spiro atoms. The zero-order chi connectivity index (χ0) is 28.2. The van der Waals surface area contributed by atoms with Crippen LogP contribution in [0.3, 0.4) is 0 Å². The van der Waals surface area contributed by atoms with Crippen molar-refractivity contribution in [2.45, 2.75) is 71.5 Å². The van der Waals surface area contributed by atoms with Gasteiger partial charge in [0.1, 0.15) is 17.2 Å². The average molecular weight is 558 g/mol. The van der Waals surface area contributed by atoms with Crippen LogP contribution in [0.4, 0.5) is 16.4 Å². The van der Waals surface area contributed by atoms with Crippen LogP contribution in [-0.2, 0) is 14.3 Å². The quantitative estimate of drug-likeness (QED) is 0.448. The van der Waals surface area contributed by atoms with Gasteiger partial charge in [-0.2, -0.15) is 0 Å². The molecule has 10 heteroatoms. The van der Waals surface area contributed by atoms with Crippen molar-refractivity contribution < 1.29 is 19.1 Å². The Kier molecular flexibility index (Phi) is 9.01. The maximum absolute atomic E-state index is 13.1. The van der Waals surface area contributed by atoms with Gasteiger partial charge in [-0.05, 0) is 84.4 Å². The minimum absolute atomic E-state index is 0.100. The molecule has 0 aliphatic carbocycles. The summed E-state index contributed by atoms with van der Waals surface area (Å²) in [4.78, 5) is 36.3. The van der Waals surface area contributed by atoms with Gasteiger partial charge in [0, 0.05) is 38.0 Å². The standard InChI is InChI=1S/C29H40ClN5O4/c1-28(2,3)39-27(37)35-12-7-8-20(18-35)26(36)34-25-14-21(22(30)17-32-25)23-9-6-10-24(33-23)31-16-19-11-13-38-29(4,5)15-19/h6,9-10,14,17,19-20H,7-8,11-13,15-16,18H2,1-5H3,(H,31,33)(H,32,34,36)/t19-,20-/m1/s1. The van der Waals surface area contributed by atoms with Crippen LogP contribution in [-0.4, -0.2) is 64.3 Å². The average Bonchev–Trinajstić information content (AvgIpc) is 2.87. The molecule has 2 saturated heterocycles. The van der Waals surface area contributed by atoms with E-state index < -0.39 is 11.7 Å². The summed E-state index contributed by atoms with van der Waals surface area (Å²) in [5.41, 5.74) is 0.677. The number of nitrogens with zero attached hydrogens (tertiary/aromatic N) is 3. The molecule has 2 N–H and O–H groups in total. The van der Waals surface area contributed by atoms with Gasteiger partial charge in [0.25, 0.3) is 0 Å². The number of likely N-dealkylation sites (tertiary alicyclic amines) is 1. The second-order valence-corrected chi connectivity index (χ2v) is 12.5. The van der Waals surface area contributed by atoms with Crippen molar-refractivity contribution in [3.05, 3.63) is 35.5 Å². The number of carbonyl (C=O) groups excluding carboxylic acids is 2. The molecule has 0 aromatic carbocycles. The lowest BCUT2D eigenvalue weighted by molar-refractivity contribution is -0.121. The number of amides is 2. The topological polar surface area (TPSA) is 106 Å². The van der Waals surface area contributed by atoms with Crippen LogP contribution >= 0.6 is 11.6 Å². The molecule has 2 fully saturated rings. The van der Waals surface area contributed by atoms with E-state index in [2.05, 4.69) is 29.5 Å². The highest BCUT2D eigenvalue weighted by atomic mass is 35.5. The number of hydrogen-bond acceptors (Lipinski definition) is 7. The third-order valence-electron chi connectivity index (χ3n) is 6.95. The molecular formula is C29H40ClN5O4.